The Kier molecular flexibility index (Phi) is 8.58. The quantitative estimate of drug-likeness (QED) is 0.389. The molecule has 2 nitrogen and oxygen atoms in total. The van der Waals surface area contributed by atoms with Crippen LogP contribution in [-0.4, -0.2) is 39.0 Å². The van der Waals surface area contributed by atoms with Crippen LogP contribution in [0.5, 0.6) is 0 Å². The van der Waals surface area contributed by atoms with Gasteiger partial charge in [-0.25, -0.2) is 0 Å². The number of carbonyl (C=O) groups excluding carboxylic acids is 1. The number of aryl methyl sites for hydroxylation is 1. The number of amides is 1. The summed E-state index contributed by atoms with van der Waals surface area (Å²) < 4.78 is 0. The highest BCUT2D eigenvalue weighted by atomic mass is 28.3. The summed E-state index contributed by atoms with van der Waals surface area (Å²) in [6.07, 6.45) is 1.02. The molecule has 0 saturated heterocycles. The Hall–Kier alpha value is -0.876. The van der Waals surface area contributed by atoms with Crippen LogP contribution < -0.4 is 0 Å². The predicted molar refractivity (Wildman–Crippen MR) is 136 cm³/mol. The normalized spacial score (nSPS) is 15.0. The molecule has 1 rings (SSSR count). The van der Waals surface area contributed by atoms with Gasteiger partial charge in [-0.2, -0.15) is 0 Å². The highest BCUT2D eigenvalue weighted by Gasteiger charge is 2.35. The summed E-state index contributed by atoms with van der Waals surface area (Å²) in [5, 5.41) is 0. The van der Waals surface area contributed by atoms with Gasteiger partial charge in [-0.15, -0.1) is 0 Å². The molecule has 0 N–H and O–H groups in total. The van der Waals surface area contributed by atoms with Gasteiger partial charge >= 0.3 is 0 Å². The third kappa shape index (κ3) is 6.07. The van der Waals surface area contributed by atoms with E-state index in [0.29, 0.717) is 11.1 Å². The topological polar surface area (TPSA) is 20.3 Å². The van der Waals surface area contributed by atoms with E-state index >= 15 is 0 Å². The second kappa shape index (κ2) is 9.51. The smallest absolute Gasteiger partial charge is 0.254 e. The molecule has 1 aromatic carbocycles. The van der Waals surface area contributed by atoms with Gasteiger partial charge in [0.05, 0.1) is 16.1 Å². The maximum Gasteiger partial charge on any atom is 0.254 e. The third-order valence-corrected chi connectivity index (χ3v) is 12.6. The van der Waals surface area contributed by atoms with E-state index in [1.165, 1.54) is 16.7 Å². The van der Waals surface area contributed by atoms with Gasteiger partial charge in [0.25, 0.3) is 5.91 Å². The van der Waals surface area contributed by atoms with Crippen molar-refractivity contribution in [3.63, 3.8) is 0 Å². The van der Waals surface area contributed by atoms with E-state index in [9.17, 15) is 4.79 Å². The maximum atomic E-state index is 14.1. The van der Waals surface area contributed by atoms with Gasteiger partial charge < -0.3 is 4.90 Å². The first-order valence-electron chi connectivity index (χ1n) is 11.5. The third-order valence-electron chi connectivity index (χ3n) is 6.76. The first kappa shape index (κ1) is 26.2. The van der Waals surface area contributed by atoms with Crippen LogP contribution >= 0.6 is 0 Å². The second-order valence-electron chi connectivity index (χ2n) is 11.6. The molecule has 0 fully saturated rings. The van der Waals surface area contributed by atoms with Crippen LogP contribution in [0.15, 0.2) is 12.1 Å². The lowest BCUT2D eigenvalue weighted by Gasteiger charge is -2.37. The highest BCUT2D eigenvalue weighted by Crippen LogP contribution is 2.38. The summed E-state index contributed by atoms with van der Waals surface area (Å²) in [6, 6.07) is 5.10. The van der Waals surface area contributed by atoms with Gasteiger partial charge in [0, 0.05) is 17.6 Å². The lowest BCUT2D eigenvalue weighted by Crippen LogP contribution is -2.44. The molecule has 0 saturated carbocycles. The van der Waals surface area contributed by atoms with Crippen molar-refractivity contribution in [2.45, 2.75) is 117 Å². The van der Waals surface area contributed by atoms with E-state index in [2.05, 4.69) is 105 Å². The van der Waals surface area contributed by atoms with Crippen LogP contribution in [-0.2, 0) is 6.42 Å². The van der Waals surface area contributed by atoms with Gasteiger partial charge in [-0.1, -0.05) is 72.2 Å². The summed E-state index contributed by atoms with van der Waals surface area (Å²) in [4.78, 5) is 16.2. The van der Waals surface area contributed by atoms with E-state index < -0.39 is 16.1 Å². The van der Waals surface area contributed by atoms with Gasteiger partial charge in [0.15, 0.2) is 0 Å². The van der Waals surface area contributed by atoms with Crippen LogP contribution in [0.4, 0.5) is 0 Å². The Morgan fingerprint density at radius 2 is 1.14 bits per heavy atom. The van der Waals surface area contributed by atoms with Crippen LogP contribution in [0.3, 0.4) is 0 Å². The summed E-state index contributed by atoms with van der Waals surface area (Å²) in [5.74, 6) is 0.234. The fourth-order valence-corrected chi connectivity index (χ4v) is 6.34. The molecule has 0 aromatic heterocycles. The SMILES string of the molecule is CCc1cc([C@@H](C)[Si](C)(C)C)c(C(=O)N(C(C)C)C(C)C)c([C@@H](C)[Si](C)(C)C)c1. The van der Waals surface area contributed by atoms with Crippen molar-refractivity contribution >= 4 is 22.1 Å². The lowest BCUT2D eigenvalue weighted by atomic mass is 9.91. The van der Waals surface area contributed by atoms with Crippen molar-refractivity contribution in [2.75, 3.05) is 0 Å². The predicted octanol–water partition coefficient (Wildman–Crippen LogP) is 7.47. The number of benzene rings is 1. The molecule has 29 heavy (non-hydrogen) atoms. The Morgan fingerprint density at radius 3 is 1.38 bits per heavy atom. The van der Waals surface area contributed by atoms with Crippen molar-refractivity contribution in [3.05, 3.63) is 34.4 Å². The largest absolute Gasteiger partial charge is 0.334 e. The zero-order valence-corrected chi connectivity index (χ0v) is 23.5. The molecule has 2 atom stereocenters. The van der Waals surface area contributed by atoms with E-state index in [1.807, 2.05) is 0 Å². The molecule has 0 spiro atoms. The Labute approximate surface area is 183 Å². The summed E-state index contributed by atoms with van der Waals surface area (Å²) in [7, 11) is -2.93. The first-order valence-corrected chi connectivity index (χ1v) is 18.7. The first-order chi connectivity index (χ1) is 13.0. The average Bonchev–Trinajstić information content (AvgIpc) is 2.56. The maximum absolute atomic E-state index is 14.1. The standard InChI is InChI=1S/C25H47NOSi2/c1-14-21-15-22(19(6)28(8,9)10)24(23(16-21)20(7)29(11,12)13)25(27)26(17(2)3)18(4)5/h15-20H,14H2,1-13H3/t19-,20-/m1/s1. The molecular weight excluding hydrogens is 386 g/mol. The summed E-state index contributed by atoms with van der Waals surface area (Å²) >= 11 is 0. The van der Waals surface area contributed by atoms with Crippen molar-refractivity contribution in [3.8, 4) is 0 Å². The zero-order valence-electron chi connectivity index (χ0n) is 21.5. The highest BCUT2D eigenvalue weighted by molar-refractivity contribution is 6.78. The molecule has 166 valence electrons. The molecule has 0 bridgehead atoms. The average molecular weight is 434 g/mol. The number of rotatable bonds is 8. The number of hydrogen-bond acceptors (Lipinski definition) is 1. The summed E-state index contributed by atoms with van der Waals surface area (Å²) in [6.45, 7) is 30.1. The fraction of sp³-hybridized carbons (Fsp3) is 0.720. The molecule has 4 heteroatoms. The minimum Gasteiger partial charge on any atom is -0.334 e. The molecule has 0 aliphatic carbocycles. The fourth-order valence-electron chi connectivity index (χ4n) is 4.01. The number of hydrogen-bond donors (Lipinski definition) is 0. The molecule has 0 radical (unpaired) electrons. The molecular formula is C25H47NOSi2. The van der Waals surface area contributed by atoms with Crippen LogP contribution in [0.1, 0.15) is 86.6 Å². The van der Waals surface area contributed by atoms with Crippen molar-refractivity contribution in [1.29, 1.82) is 0 Å². The van der Waals surface area contributed by atoms with Gasteiger partial charge in [-0.3, -0.25) is 4.79 Å². The number of carbonyl (C=O) groups is 1. The van der Waals surface area contributed by atoms with Crippen molar-refractivity contribution in [2.24, 2.45) is 0 Å². The van der Waals surface area contributed by atoms with Crippen LogP contribution in [0, 0.1) is 0 Å². The lowest BCUT2D eigenvalue weighted by molar-refractivity contribution is 0.0641. The molecule has 1 aromatic rings. The van der Waals surface area contributed by atoms with Crippen LogP contribution in [0.25, 0.3) is 0 Å². The van der Waals surface area contributed by atoms with Crippen molar-refractivity contribution < 1.29 is 4.79 Å². The molecule has 0 aliphatic heterocycles. The zero-order chi connectivity index (χ0) is 22.9. The van der Waals surface area contributed by atoms with Gasteiger partial charge in [-0.05, 0) is 61.9 Å². The Morgan fingerprint density at radius 1 is 0.793 bits per heavy atom. The minimum absolute atomic E-state index is 0.193. The second-order valence-corrected chi connectivity index (χ2v) is 22.8. The molecule has 0 unspecified atom stereocenters. The molecule has 1 amide bonds. The summed E-state index contributed by atoms with van der Waals surface area (Å²) in [5.41, 5.74) is 5.90. The van der Waals surface area contributed by atoms with Gasteiger partial charge in [0.2, 0.25) is 0 Å². The minimum atomic E-state index is -1.47. The monoisotopic (exact) mass is 433 g/mol. The van der Waals surface area contributed by atoms with E-state index in [4.69, 9.17) is 0 Å². The van der Waals surface area contributed by atoms with E-state index in [-0.39, 0.29) is 18.0 Å². The van der Waals surface area contributed by atoms with E-state index in [1.54, 1.807) is 0 Å². The molecule has 0 aliphatic rings. The number of nitrogens with zero attached hydrogens (tertiary/aromatic N) is 1. The van der Waals surface area contributed by atoms with Gasteiger partial charge in [0.1, 0.15) is 0 Å². The Bertz CT molecular complexity index is 662. The van der Waals surface area contributed by atoms with E-state index in [0.717, 1.165) is 12.0 Å². The van der Waals surface area contributed by atoms with Crippen molar-refractivity contribution in [1.82, 2.24) is 4.90 Å². The van der Waals surface area contributed by atoms with Crippen LogP contribution in [0.2, 0.25) is 39.3 Å². The molecule has 0 heterocycles. The Balaban J connectivity index is 3.95.